The predicted molar refractivity (Wildman–Crippen MR) is 132 cm³/mol. The van der Waals surface area contributed by atoms with Crippen LogP contribution in [0.1, 0.15) is 28.7 Å². The lowest BCUT2D eigenvalue weighted by Crippen LogP contribution is -2.59. The Morgan fingerprint density at radius 2 is 2.19 bits per heavy atom. The predicted octanol–water partition coefficient (Wildman–Crippen LogP) is -1.13. The minimum absolute atomic E-state index is 0.0427. The van der Waals surface area contributed by atoms with Gasteiger partial charge < -0.3 is 41.3 Å². The highest BCUT2D eigenvalue weighted by atomic mass is 32.2. The lowest BCUT2D eigenvalue weighted by molar-refractivity contribution is -0.689. The molecule has 6 N–H and O–H groups in total. The van der Waals surface area contributed by atoms with Crippen LogP contribution in [0.25, 0.3) is 1.43 Å². The molecule has 15 heteroatoms. The van der Waals surface area contributed by atoms with Crippen molar-refractivity contribution in [2.24, 2.45) is 10.9 Å². The van der Waals surface area contributed by atoms with Gasteiger partial charge in [-0.3, -0.25) is 4.79 Å². The first-order valence-corrected chi connectivity index (χ1v) is 12.4. The Kier molecular flexibility index (Phi) is 6.70. The number of carboxylic acid groups (broad SMARTS) is 2. The molecule has 13 nitrogen and oxygen atoms in total. The molecule has 0 aromatic carbocycles. The van der Waals surface area contributed by atoms with Gasteiger partial charge in [0.25, 0.3) is 7.34 Å². The van der Waals surface area contributed by atoms with E-state index in [4.69, 9.17) is 17.6 Å². The summed E-state index contributed by atoms with van der Waals surface area (Å²) in [5.41, 5.74) is 3.53. The molecule has 2 aliphatic rings. The van der Waals surface area contributed by atoms with Gasteiger partial charge in [-0.1, -0.05) is 11.2 Å². The number of fused-ring (bicyclic) bond motifs is 1. The number of amides is 1. The third-order valence-corrected chi connectivity index (χ3v) is 6.83. The molecule has 3 atom stereocenters. The fraction of sp³-hybridized carbons (Fsp3) is 0.364. The lowest BCUT2D eigenvalue weighted by atomic mass is 10.1. The molecule has 2 aliphatic heterocycles. The van der Waals surface area contributed by atoms with E-state index in [9.17, 15) is 24.6 Å². The molecule has 4 rings (SSSR count). The molecule has 0 saturated carbocycles. The summed E-state index contributed by atoms with van der Waals surface area (Å²) in [6.45, 7) is 2.93. The zero-order valence-electron chi connectivity index (χ0n) is 24.6. The van der Waals surface area contributed by atoms with E-state index in [1.807, 2.05) is 35.2 Å². The van der Waals surface area contributed by atoms with Gasteiger partial charge in [0.2, 0.25) is 5.60 Å². The Balaban J connectivity index is 0.000000231. The average Bonchev–Trinajstić information content (AvgIpc) is 3.33. The van der Waals surface area contributed by atoms with E-state index in [0.29, 0.717) is 29.2 Å². The van der Waals surface area contributed by atoms with Crippen LogP contribution in [0.2, 0.25) is 2.82 Å². The molecule has 0 bridgehead atoms. The molecule has 0 radical (unpaired) electrons. The van der Waals surface area contributed by atoms with E-state index in [1.54, 1.807) is 0 Å². The number of oxime groups is 1. The van der Waals surface area contributed by atoms with Gasteiger partial charge in [-0.05, 0) is 13.8 Å². The first kappa shape index (κ1) is 21.4. The molecule has 0 spiro atoms. The maximum atomic E-state index is 11.4. The van der Waals surface area contributed by atoms with E-state index in [1.165, 1.54) is 30.5 Å². The van der Waals surface area contributed by atoms with E-state index >= 15 is 0 Å². The molecule has 1 saturated heterocycles. The molecular weight excluding hydrogens is 524 g/mol. The second-order valence-electron chi connectivity index (χ2n) is 8.14. The van der Waals surface area contributed by atoms with Crippen LogP contribution in [0, 0.1) is 0 Å². The highest BCUT2D eigenvalue weighted by Gasteiger charge is 2.43. The van der Waals surface area contributed by atoms with Crippen LogP contribution < -0.4 is 21.1 Å². The molecule has 0 aliphatic carbocycles. The summed E-state index contributed by atoms with van der Waals surface area (Å²) >= 11 is 2.14. The Morgan fingerprint density at radius 1 is 1.46 bits per heavy atom. The summed E-state index contributed by atoms with van der Waals surface area (Å²) in [5, 5.41) is 27.6. The molecule has 2 aromatic heterocycles. The van der Waals surface area contributed by atoms with Gasteiger partial charge in [0, 0.05) is 36.6 Å². The summed E-state index contributed by atoms with van der Waals surface area (Å²) < 4.78 is 37.9. The number of primary amides is 1. The van der Waals surface area contributed by atoms with E-state index in [-0.39, 0.29) is 33.0 Å². The number of nitrogen functional groups attached to an aromatic ring is 1. The zero-order chi connectivity index (χ0) is 31.4. The number of aliphatic carboxylic acids is 2. The van der Waals surface area contributed by atoms with Crippen LogP contribution >= 0.6 is 23.1 Å². The highest BCUT2D eigenvalue weighted by Crippen LogP contribution is 2.41. The first-order valence-electron chi connectivity index (χ1n) is 12.9. The number of anilines is 1. The number of thioether (sulfide) groups is 1. The van der Waals surface area contributed by atoms with Crippen molar-refractivity contribution in [2.45, 2.75) is 44.0 Å². The van der Waals surface area contributed by atoms with Gasteiger partial charge in [-0.2, -0.15) is 0 Å². The molecule has 1 fully saturated rings. The molecule has 198 valence electrons. The summed E-state index contributed by atoms with van der Waals surface area (Å²) in [4.78, 5) is 44.1. The topological polar surface area (TPSA) is 208 Å². The quantitative estimate of drug-likeness (QED) is 0.165. The fourth-order valence-corrected chi connectivity index (χ4v) is 4.79. The number of hydrogen-bond donors (Lipinski definition) is 4. The number of hydrogen-bond acceptors (Lipinski definition) is 13. The standard InChI is InChI=1S/C13H14N2O3S.C9H12N4O4S/c16-10-6-11-15(10)12(13(17)18)9(8-19-11)7-14-4-2-1-3-5-14;1-9(2,7(15)16)17-13-5(6(10)14)4-3-18-8(11)12-4/h1-5,10-11,16H,6-8H2;3H,1-2H3,(H2,10,14)(H2,11,12)(H,15,16)/b;13-5-/t10?,11-;/m1./s1/i6D;3D/hD3/t6-,10?,11+;/m0.. The summed E-state index contributed by atoms with van der Waals surface area (Å²) in [6.07, 6.45) is 1.99. The second kappa shape index (κ2) is 11.6. The molecular formula is C22H26N6O7S2. The average molecular weight is 556 g/mol. The van der Waals surface area contributed by atoms with Crippen molar-refractivity contribution in [2.75, 3.05) is 11.5 Å². The molecule has 1 amide bonds. The van der Waals surface area contributed by atoms with Gasteiger partial charge in [0.1, 0.15) is 11.9 Å². The van der Waals surface area contributed by atoms with Crippen molar-refractivity contribution in [1.29, 1.82) is 1.43 Å². The van der Waals surface area contributed by atoms with E-state index in [0.717, 1.165) is 0 Å². The lowest BCUT2D eigenvalue weighted by Gasteiger charge is -2.51. The minimum Gasteiger partial charge on any atom is -0.543 e. The number of nitrogens with two attached hydrogens (primary N) is 2. The SMILES string of the molecule is [2H]OC(=O)C(C)(C)O/N=C(\C(N)=O)c1nc(N([2H])[2H])sc1[2H].[2H][C@H]1C(O)N2C(C(=O)[O-])=C(C[n+]3ccccc3)CS[C@H]12. The van der Waals surface area contributed by atoms with Crippen molar-refractivity contribution in [3.8, 4) is 0 Å². The maximum Gasteiger partial charge on any atom is 0.350 e. The zero-order valence-corrected chi connectivity index (χ0v) is 21.2. The van der Waals surface area contributed by atoms with Gasteiger partial charge in [0.15, 0.2) is 32.6 Å². The van der Waals surface area contributed by atoms with Crippen LogP contribution in [0.3, 0.4) is 0 Å². The normalized spacial score (nSPS) is 22.9. The third-order valence-electron chi connectivity index (χ3n) is 5.02. The Morgan fingerprint density at radius 3 is 2.78 bits per heavy atom. The molecule has 37 heavy (non-hydrogen) atoms. The summed E-state index contributed by atoms with van der Waals surface area (Å²) in [7, 11) is 0. The van der Waals surface area contributed by atoms with Crippen molar-refractivity contribution < 1.29 is 44.7 Å². The monoisotopic (exact) mass is 555 g/mol. The number of nitrogens with zero attached hydrogens (tertiary/aromatic N) is 4. The van der Waals surface area contributed by atoms with Gasteiger partial charge in [-0.25, -0.2) is 14.3 Å². The number of aliphatic hydroxyl groups is 1. The van der Waals surface area contributed by atoms with Gasteiger partial charge in [0.05, 0.1) is 18.4 Å². The Hall–Kier alpha value is -3.69. The maximum absolute atomic E-state index is 11.4. The van der Waals surface area contributed by atoms with Crippen LogP contribution in [-0.4, -0.2) is 66.6 Å². The van der Waals surface area contributed by atoms with Crippen molar-refractivity contribution in [3.63, 3.8) is 0 Å². The number of pyridine rings is 1. The number of carbonyl (C=O) groups excluding carboxylic acids is 2. The Labute approximate surface area is 227 Å². The van der Waals surface area contributed by atoms with Crippen LogP contribution in [0.5, 0.6) is 0 Å². The Bertz CT molecular complexity index is 1390. The fourth-order valence-electron chi connectivity index (χ4n) is 3.08. The first-order chi connectivity index (χ1) is 19.7. The van der Waals surface area contributed by atoms with Crippen molar-refractivity contribution in [3.05, 3.63) is 52.9 Å². The minimum atomic E-state index is -1.67. The van der Waals surface area contributed by atoms with Crippen LogP contribution in [0.15, 0.2) is 52.4 Å². The smallest absolute Gasteiger partial charge is 0.350 e. The highest BCUT2D eigenvalue weighted by molar-refractivity contribution is 8.00. The van der Waals surface area contributed by atoms with Crippen molar-refractivity contribution >= 4 is 51.8 Å². The van der Waals surface area contributed by atoms with Gasteiger partial charge >= 0.3 is 5.97 Å². The number of carbonyl (C=O) groups is 3. The van der Waals surface area contributed by atoms with Crippen LogP contribution in [-0.2, 0) is 25.8 Å². The summed E-state index contributed by atoms with van der Waals surface area (Å²) in [5.74, 6) is -2.89. The molecule has 4 heterocycles. The van der Waals surface area contributed by atoms with Crippen LogP contribution in [0.4, 0.5) is 5.13 Å². The van der Waals surface area contributed by atoms with E-state index < -0.39 is 41.8 Å². The number of aromatic nitrogens is 2. The van der Waals surface area contributed by atoms with Crippen molar-refractivity contribution in [1.82, 2.24) is 9.88 Å². The molecule has 1 unspecified atom stereocenters. The molecule has 2 aromatic rings. The number of rotatable bonds is 9. The largest absolute Gasteiger partial charge is 0.543 e. The number of aliphatic hydroxyl groups excluding tert-OH is 1. The summed E-state index contributed by atoms with van der Waals surface area (Å²) in [6, 6.07) is 5.63. The third kappa shape index (κ3) is 6.75. The second-order valence-corrected chi connectivity index (χ2v) is 10.0. The van der Waals surface area contributed by atoms with E-state index in [2.05, 4.69) is 15.2 Å². The number of carboxylic acids is 2. The number of thiazole rings is 1. The van der Waals surface area contributed by atoms with Gasteiger partial charge in [-0.15, -0.1) is 23.1 Å².